The van der Waals surface area contributed by atoms with Crippen LogP contribution in [0.3, 0.4) is 0 Å². The first-order valence-corrected chi connectivity index (χ1v) is 10.5. The fourth-order valence-electron chi connectivity index (χ4n) is 3.09. The average Bonchev–Trinajstić information content (AvgIpc) is 2.25. The van der Waals surface area contributed by atoms with E-state index in [1.165, 1.54) is 38.5 Å². The van der Waals surface area contributed by atoms with Crippen LogP contribution in [0.25, 0.3) is 0 Å². The Morgan fingerprint density at radius 1 is 1.12 bits per heavy atom. The topological polar surface area (TPSA) is 0 Å². The van der Waals surface area contributed by atoms with Crippen molar-refractivity contribution in [1.82, 2.24) is 0 Å². The first kappa shape index (κ1) is 12.2. The number of hydrogen-bond acceptors (Lipinski definition) is 0. The standard InChI is InChI=1S/C15H26Si/c1-16(2,3)12-11-14-9-6-8-13-7-4-5-10-15(13)14/h10-14H,4-9H2,1-3H3/b12-11+/t13-,14+/m1/s1. The molecule has 0 N–H and O–H groups in total. The van der Waals surface area contributed by atoms with Crippen LogP contribution in [0.5, 0.6) is 0 Å². The van der Waals surface area contributed by atoms with E-state index in [4.69, 9.17) is 0 Å². The molecule has 1 saturated carbocycles. The lowest BCUT2D eigenvalue weighted by atomic mass is 9.72. The molecule has 0 aromatic heterocycles. The van der Waals surface area contributed by atoms with Gasteiger partial charge in [-0.05, 0) is 43.9 Å². The van der Waals surface area contributed by atoms with Gasteiger partial charge in [0.2, 0.25) is 0 Å². The number of hydrogen-bond donors (Lipinski definition) is 0. The van der Waals surface area contributed by atoms with Gasteiger partial charge in [-0.1, -0.05) is 49.5 Å². The zero-order valence-corrected chi connectivity index (χ0v) is 12.1. The maximum atomic E-state index is 2.56. The molecule has 0 nitrogen and oxygen atoms in total. The van der Waals surface area contributed by atoms with Gasteiger partial charge in [-0.2, -0.15) is 0 Å². The van der Waals surface area contributed by atoms with E-state index >= 15 is 0 Å². The van der Waals surface area contributed by atoms with Crippen molar-refractivity contribution < 1.29 is 0 Å². The zero-order chi connectivity index (χ0) is 11.6. The van der Waals surface area contributed by atoms with Crippen LogP contribution in [0.1, 0.15) is 38.5 Å². The summed E-state index contributed by atoms with van der Waals surface area (Å²) < 4.78 is 0. The second-order valence-corrected chi connectivity index (χ2v) is 11.7. The summed E-state index contributed by atoms with van der Waals surface area (Å²) >= 11 is 0. The van der Waals surface area contributed by atoms with E-state index in [0.29, 0.717) is 0 Å². The van der Waals surface area contributed by atoms with E-state index in [9.17, 15) is 0 Å². The second-order valence-electron chi connectivity index (χ2n) is 6.59. The first-order valence-electron chi connectivity index (χ1n) is 6.95. The molecule has 0 radical (unpaired) electrons. The van der Waals surface area contributed by atoms with Crippen molar-refractivity contribution in [2.75, 3.05) is 0 Å². The van der Waals surface area contributed by atoms with Crippen molar-refractivity contribution in [3.63, 3.8) is 0 Å². The molecule has 1 fully saturated rings. The highest BCUT2D eigenvalue weighted by Gasteiger charge is 2.27. The quantitative estimate of drug-likeness (QED) is 0.468. The molecular formula is C15H26Si. The second kappa shape index (κ2) is 4.91. The Kier molecular flexibility index (Phi) is 3.73. The van der Waals surface area contributed by atoms with E-state index in [2.05, 4.69) is 37.5 Å². The van der Waals surface area contributed by atoms with E-state index in [1.807, 2.05) is 0 Å². The molecule has 2 aliphatic carbocycles. The van der Waals surface area contributed by atoms with Crippen LogP contribution >= 0.6 is 0 Å². The number of rotatable bonds is 2. The maximum absolute atomic E-state index is 2.56. The first-order chi connectivity index (χ1) is 7.56. The molecule has 0 aromatic carbocycles. The molecule has 16 heavy (non-hydrogen) atoms. The lowest BCUT2D eigenvalue weighted by Crippen LogP contribution is -2.22. The summed E-state index contributed by atoms with van der Waals surface area (Å²) in [5.74, 6) is 1.74. The zero-order valence-electron chi connectivity index (χ0n) is 11.1. The van der Waals surface area contributed by atoms with Gasteiger partial charge in [0, 0.05) is 0 Å². The smallest absolute Gasteiger partial charge is 0.0683 e. The van der Waals surface area contributed by atoms with Gasteiger partial charge in [0.1, 0.15) is 0 Å². The van der Waals surface area contributed by atoms with Crippen LogP contribution in [-0.4, -0.2) is 8.07 Å². The molecule has 1 heteroatoms. The third-order valence-corrected chi connectivity index (χ3v) is 5.13. The van der Waals surface area contributed by atoms with Crippen LogP contribution in [-0.2, 0) is 0 Å². The minimum atomic E-state index is -1.01. The minimum absolute atomic E-state index is 0.797. The molecule has 0 heterocycles. The molecule has 2 atom stereocenters. The van der Waals surface area contributed by atoms with Gasteiger partial charge < -0.3 is 0 Å². The Morgan fingerprint density at radius 3 is 2.62 bits per heavy atom. The van der Waals surface area contributed by atoms with E-state index < -0.39 is 8.07 Å². The molecular weight excluding hydrogens is 208 g/mol. The highest BCUT2D eigenvalue weighted by Crippen LogP contribution is 2.40. The summed E-state index contributed by atoms with van der Waals surface area (Å²) in [5, 5.41) is 0. The highest BCUT2D eigenvalue weighted by molar-refractivity contribution is 6.80. The van der Waals surface area contributed by atoms with Gasteiger partial charge >= 0.3 is 0 Å². The van der Waals surface area contributed by atoms with Gasteiger partial charge in [0.05, 0.1) is 8.07 Å². The summed E-state index contributed by atoms with van der Waals surface area (Å²) in [7, 11) is -1.01. The van der Waals surface area contributed by atoms with E-state index in [1.54, 1.807) is 5.57 Å². The third-order valence-electron chi connectivity index (χ3n) is 3.93. The third kappa shape index (κ3) is 3.10. The van der Waals surface area contributed by atoms with Gasteiger partial charge in [-0.3, -0.25) is 0 Å². The summed E-state index contributed by atoms with van der Waals surface area (Å²) in [5.41, 5.74) is 4.35. The molecule has 0 aliphatic heterocycles. The summed E-state index contributed by atoms with van der Waals surface area (Å²) in [6, 6.07) is 0. The van der Waals surface area contributed by atoms with Crippen LogP contribution in [0.4, 0.5) is 0 Å². The fourth-order valence-corrected chi connectivity index (χ4v) is 3.90. The molecule has 0 bridgehead atoms. The fraction of sp³-hybridized carbons (Fsp3) is 0.733. The predicted molar refractivity (Wildman–Crippen MR) is 75.3 cm³/mol. The van der Waals surface area contributed by atoms with E-state index in [-0.39, 0.29) is 0 Å². The van der Waals surface area contributed by atoms with Crippen LogP contribution in [0.2, 0.25) is 19.6 Å². The molecule has 0 spiro atoms. The van der Waals surface area contributed by atoms with Gasteiger partial charge in [0.25, 0.3) is 0 Å². The summed E-state index contributed by atoms with van der Waals surface area (Å²) in [4.78, 5) is 0. The number of allylic oxidation sites excluding steroid dienone is 3. The lowest BCUT2D eigenvalue weighted by molar-refractivity contribution is 0.364. The normalized spacial score (nSPS) is 31.3. The molecule has 0 saturated heterocycles. The van der Waals surface area contributed by atoms with Crippen molar-refractivity contribution in [1.29, 1.82) is 0 Å². The van der Waals surface area contributed by atoms with Crippen LogP contribution < -0.4 is 0 Å². The minimum Gasteiger partial charge on any atom is -0.0983 e. The molecule has 0 unspecified atom stereocenters. The Bertz CT molecular complexity index is 293. The predicted octanol–water partition coefficient (Wildman–Crippen LogP) is 4.95. The van der Waals surface area contributed by atoms with Crippen LogP contribution in [0.15, 0.2) is 23.4 Å². The largest absolute Gasteiger partial charge is 0.0983 e. The van der Waals surface area contributed by atoms with Crippen molar-refractivity contribution in [2.24, 2.45) is 11.8 Å². The van der Waals surface area contributed by atoms with Crippen molar-refractivity contribution in [3.05, 3.63) is 23.4 Å². The van der Waals surface area contributed by atoms with E-state index in [0.717, 1.165) is 11.8 Å². The molecule has 0 amide bonds. The highest BCUT2D eigenvalue weighted by atomic mass is 28.3. The lowest BCUT2D eigenvalue weighted by Gasteiger charge is -2.34. The Morgan fingerprint density at radius 2 is 1.88 bits per heavy atom. The van der Waals surface area contributed by atoms with Gasteiger partial charge in [-0.25, -0.2) is 0 Å². The summed E-state index contributed by atoms with van der Waals surface area (Å²) in [6.07, 6.45) is 13.7. The van der Waals surface area contributed by atoms with Crippen molar-refractivity contribution in [2.45, 2.75) is 58.2 Å². The van der Waals surface area contributed by atoms with Crippen molar-refractivity contribution in [3.8, 4) is 0 Å². The SMILES string of the molecule is C[Si](C)(C)/C=C/[C@@H]1CCC[C@H]2CCCC=C21. The Balaban J connectivity index is 2.08. The average molecular weight is 234 g/mol. The molecule has 90 valence electrons. The molecule has 0 aromatic rings. The molecule has 2 rings (SSSR count). The van der Waals surface area contributed by atoms with Gasteiger partial charge in [0.15, 0.2) is 0 Å². The Labute approximate surface area is 102 Å². The van der Waals surface area contributed by atoms with Crippen molar-refractivity contribution >= 4 is 8.07 Å². The summed E-state index contributed by atoms with van der Waals surface area (Å²) in [6.45, 7) is 7.29. The Hall–Kier alpha value is -0.303. The van der Waals surface area contributed by atoms with Gasteiger partial charge in [-0.15, -0.1) is 0 Å². The maximum Gasteiger partial charge on any atom is 0.0683 e. The molecule has 2 aliphatic rings. The monoisotopic (exact) mass is 234 g/mol. The van der Waals surface area contributed by atoms with Crippen LogP contribution in [0, 0.1) is 11.8 Å². The number of fused-ring (bicyclic) bond motifs is 1.